The zero-order valence-corrected chi connectivity index (χ0v) is 13.2. The van der Waals surface area contributed by atoms with E-state index in [4.69, 9.17) is 5.73 Å². The maximum absolute atomic E-state index is 6.32. The highest BCUT2D eigenvalue weighted by molar-refractivity contribution is 4.84. The van der Waals surface area contributed by atoms with Gasteiger partial charge in [-0.05, 0) is 43.6 Å². The fourth-order valence-corrected chi connectivity index (χ4v) is 3.54. The number of hydrogen-bond donors (Lipinski definition) is 1. The van der Waals surface area contributed by atoms with Gasteiger partial charge in [0, 0.05) is 19.1 Å². The molecule has 3 unspecified atom stereocenters. The average Bonchev–Trinajstić information content (AvgIpc) is 2.20. The van der Waals surface area contributed by atoms with Gasteiger partial charge in [0.25, 0.3) is 0 Å². The minimum absolute atomic E-state index is 0.385. The summed E-state index contributed by atoms with van der Waals surface area (Å²) in [7, 11) is 2.25. The lowest BCUT2D eigenvalue weighted by atomic mass is 9.76. The minimum atomic E-state index is 0.385. The van der Waals surface area contributed by atoms with Crippen LogP contribution in [0, 0.1) is 17.3 Å². The predicted molar refractivity (Wildman–Crippen MR) is 80.7 cm³/mol. The fraction of sp³-hybridized carbons (Fsp3) is 1.00. The lowest BCUT2D eigenvalue weighted by Crippen LogP contribution is -2.43. The molecule has 0 aromatic carbocycles. The second-order valence-electron chi connectivity index (χ2n) is 7.65. The number of rotatable bonds is 5. The Bertz CT molecular complexity index is 232. The highest BCUT2D eigenvalue weighted by Crippen LogP contribution is 2.32. The quantitative estimate of drug-likeness (QED) is 0.813. The van der Waals surface area contributed by atoms with E-state index in [1.54, 1.807) is 0 Å². The van der Waals surface area contributed by atoms with Gasteiger partial charge in [0.1, 0.15) is 0 Å². The second kappa shape index (κ2) is 6.91. The molecule has 0 bridgehead atoms. The van der Waals surface area contributed by atoms with Crippen molar-refractivity contribution in [1.82, 2.24) is 4.90 Å². The molecule has 0 aromatic heterocycles. The molecule has 18 heavy (non-hydrogen) atoms. The van der Waals surface area contributed by atoms with Crippen molar-refractivity contribution in [2.75, 3.05) is 20.1 Å². The molecule has 1 fully saturated rings. The third kappa shape index (κ3) is 5.71. The van der Waals surface area contributed by atoms with Crippen molar-refractivity contribution < 1.29 is 0 Å². The van der Waals surface area contributed by atoms with Gasteiger partial charge >= 0.3 is 0 Å². The topological polar surface area (TPSA) is 29.3 Å². The van der Waals surface area contributed by atoms with E-state index in [-0.39, 0.29) is 0 Å². The van der Waals surface area contributed by atoms with E-state index in [2.05, 4.69) is 39.6 Å². The average molecular weight is 254 g/mol. The smallest absolute Gasteiger partial charge is 0.00795 e. The molecule has 2 heteroatoms. The standard InChI is InChI=1S/C16H34N2/c1-6-7-13-8-9-15(17)14(10-13)11-18(5)12-16(2,3)4/h13-15H,6-12,17H2,1-5H3. The van der Waals surface area contributed by atoms with Crippen molar-refractivity contribution in [3.05, 3.63) is 0 Å². The highest BCUT2D eigenvalue weighted by atomic mass is 15.1. The molecule has 0 saturated heterocycles. The van der Waals surface area contributed by atoms with Gasteiger partial charge in [0.15, 0.2) is 0 Å². The van der Waals surface area contributed by atoms with Crippen LogP contribution >= 0.6 is 0 Å². The van der Waals surface area contributed by atoms with Crippen LogP contribution in [0.5, 0.6) is 0 Å². The van der Waals surface area contributed by atoms with Crippen molar-refractivity contribution in [3.63, 3.8) is 0 Å². The van der Waals surface area contributed by atoms with Gasteiger partial charge in [-0.1, -0.05) is 40.5 Å². The summed E-state index contributed by atoms with van der Waals surface area (Å²) >= 11 is 0. The summed E-state index contributed by atoms with van der Waals surface area (Å²) in [5, 5.41) is 0. The molecule has 1 saturated carbocycles. The van der Waals surface area contributed by atoms with Crippen LogP contribution in [0.15, 0.2) is 0 Å². The van der Waals surface area contributed by atoms with Gasteiger partial charge in [-0.2, -0.15) is 0 Å². The summed E-state index contributed by atoms with van der Waals surface area (Å²) in [6.45, 7) is 11.6. The largest absolute Gasteiger partial charge is 0.327 e. The van der Waals surface area contributed by atoms with Crippen molar-refractivity contribution in [2.24, 2.45) is 23.0 Å². The van der Waals surface area contributed by atoms with E-state index in [1.807, 2.05) is 0 Å². The van der Waals surface area contributed by atoms with Crippen LogP contribution in [-0.2, 0) is 0 Å². The van der Waals surface area contributed by atoms with Crippen LogP contribution in [0.1, 0.15) is 59.8 Å². The first-order chi connectivity index (χ1) is 8.31. The summed E-state index contributed by atoms with van der Waals surface area (Å²) in [5.41, 5.74) is 6.71. The van der Waals surface area contributed by atoms with Crippen LogP contribution in [0.25, 0.3) is 0 Å². The monoisotopic (exact) mass is 254 g/mol. The molecular weight excluding hydrogens is 220 g/mol. The summed E-state index contributed by atoms with van der Waals surface area (Å²) < 4.78 is 0. The first kappa shape index (κ1) is 16.0. The molecule has 0 spiro atoms. The van der Waals surface area contributed by atoms with E-state index < -0.39 is 0 Å². The Balaban J connectivity index is 2.43. The third-order valence-electron chi connectivity index (χ3n) is 4.14. The molecule has 1 aliphatic carbocycles. The summed E-state index contributed by atoms with van der Waals surface area (Å²) in [4.78, 5) is 2.48. The van der Waals surface area contributed by atoms with Crippen LogP contribution in [0.4, 0.5) is 0 Å². The SMILES string of the molecule is CCCC1CCC(N)C(CN(C)CC(C)(C)C)C1. The first-order valence-electron chi connectivity index (χ1n) is 7.76. The van der Waals surface area contributed by atoms with Gasteiger partial charge in [0.2, 0.25) is 0 Å². The third-order valence-corrected chi connectivity index (χ3v) is 4.14. The molecule has 2 N–H and O–H groups in total. The predicted octanol–water partition coefficient (Wildman–Crippen LogP) is 3.51. The molecule has 0 aromatic rings. The van der Waals surface area contributed by atoms with Crippen LogP contribution < -0.4 is 5.73 Å². The number of hydrogen-bond acceptors (Lipinski definition) is 2. The van der Waals surface area contributed by atoms with E-state index in [0.29, 0.717) is 17.4 Å². The zero-order valence-electron chi connectivity index (χ0n) is 13.2. The molecule has 108 valence electrons. The second-order valence-corrected chi connectivity index (χ2v) is 7.65. The summed E-state index contributed by atoms with van der Waals surface area (Å²) in [6.07, 6.45) is 6.66. The molecule has 1 rings (SSSR count). The van der Waals surface area contributed by atoms with E-state index in [9.17, 15) is 0 Å². The van der Waals surface area contributed by atoms with E-state index in [0.717, 1.165) is 12.5 Å². The molecule has 0 amide bonds. The van der Waals surface area contributed by atoms with Gasteiger partial charge in [-0.3, -0.25) is 0 Å². The highest BCUT2D eigenvalue weighted by Gasteiger charge is 2.29. The lowest BCUT2D eigenvalue weighted by Gasteiger charge is -2.37. The molecule has 0 heterocycles. The van der Waals surface area contributed by atoms with E-state index in [1.165, 1.54) is 38.6 Å². The molecule has 1 aliphatic rings. The molecular formula is C16H34N2. The first-order valence-corrected chi connectivity index (χ1v) is 7.76. The van der Waals surface area contributed by atoms with Crippen LogP contribution in [0.3, 0.4) is 0 Å². The van der Waals surface area contributed by atoms with Crippen molar-refractivity contribution >= 4 is 0 Å². The van der Waals surface area contributed by atoms with Crippen LogP contribution in [-0.4, -0.2) is 31.1 Å². The zero-order chi connectivity index (χ0) is 13.8. The van der Waals surface area contributed by atoms with Gasteiger partial charge in [-0.15, -0.1) is 0 Å². The number of nitrogens with zero attached hydrogens (tertiary/aromatic N) is 1. The molecule has 0 aliphatic heterocycles. The number of nitrogens with two attached hydrogens (primary N) is 1. The Hall–Kier alpha value is -0.0800. The molecule has 2 nitrogen and oxygen atoms in total. The Morgan fingerprint density at radius 1 is 1.22 bits per heavy atom. The Morgan fingerprint density at radius 3 is 2.44 bits per heavy atom. The van der Waals surface area contributed by atoms with E-state index >= 15 is 0 Å². The van der Waals surface area contributed by atoms with Gasteiger partial charge in [0.05, 0.1) is 0 Å². The van der Waals surface area contributed by atoms with Gasteiger partial charge in [-0.25, -0.2) is 0 Å². The van der Waals surface area contributed by atoms with Crippen molar-refractivity contribution in [2.45, 2.75) is 65.8 Å². The Kier molecular flexibility index (Phi) is 6.13. The summed E-state index contributed by atoms with van der Waals surface area (Å²) in [5.74, 6) is 1.64. The Labute approximate surface area is 114 Å². The summed E-state index contributed by atoms with van der Waals surface area (Å²) in [6, 6.07) is 0.431. The Morgan fingerprint density at radius 2 is 1.89 bits per heavy atom. The maximum Gasteiger partial charge on any atom is 0.00795 e. The molecule has 0 radical (unpaired) electrons. The van der Waals surface area contributed by atoms with Crippen molar-refractivity contribution in [3.8, 4) is 0 Å². The minimum Gasteiger partial charge on any atom is -0.327 e. The van der Waals surface area contributed by atoms with Crippen LogP contribution in [0.2, 0.25) is 0 Å². The maximum atomic E-state index is 6.32. The van der Waals surface area contributed by atoms with Crippen molar-refractivity contribution in [1.29, 1.82) is 0 Å². The van der Waals surface area contributed by atoms with Gasteiger partial charge < -0.3 is 10.6 Å². The molecule has 3 atom stereocenters. The fourth-order valence-electron chi connectivity index (χ4n) is 3.54. The normalized spacial score (nSPS) is 29.8. The lowest BCUT2D eigenvalue weighted by molar-refractivity contribution is 0.143.